The molecule has 0 saturated carbocycles. The van der Waals surface area contributed by atoms with Crippen molar-refractivity contribution in [3.63, 3.8) is 0 Å². The summed E-state index contributed by atoms with van der Waals surface area (Å²) in [5.74, 6) is -0.594. The predicted molar refractivity (Wildman–Crippen MR) is 152 cm³/mol. The highest BCUT2D eigenvalue weighted by Crippen LogP contribution is 2.24. The van der Waals surface area contributed by atoms with Gasteiger partial charge in [0.05, 0.1) is 11.0 Å². The van der Waals surface area contributed by atoms with E-state index in [9.17, 15) is 24.0 Å². The van der Waals surface area contributed by atoms with E-state index in [0.29, 0.717) is 60.6 Å². The number of rotatable bonds is 8. The number of benzene rings is 2. The first-order chi connectivity index (χ1) is 19.8. The number of H-pyrrole nitrogens is 2. The zero-order valence-electron chi connectivity index (χ0n) is 22.0. The van der Waals surface area contributed by atoms with Crippen molar-refractivity contribution in [2.75, 3.05) is 38.0 Å². The van der Waals surface area contributed by atoms with Crippen LogP contribution in [0.4, 0.5) is 5.69 Å². The molecule has 1 aliphatic heterocycles. The molecule has 3 amide bonds. The minimum Gasteiger partial charge on any atom is -0.451 e. The Morgan fingerprint density at radius 2 is 1.61 bits per heavy atom. The van der Waals surface area contributed by atoms with Gasteiger partial charge in [-0.1, -0.05) is 0 Å². The van der Waals surface area contributed by atoms with E-state index in [-0.39, 0.29) is 23.8 Å². The molecule has 0 radical (unpaired) electrons. The van der Waals surface area contributed by atoms with Gasteiger partial charge in [-0.05, 0) is 67.6 Å². The minimum absolute atomic E-state index is 0.0585. The van der Waals surface area contributed by atoms with Gasteiger partial charge in [0.1, 0.15) is 11.8 Å². The number of piperazine rings is 1. The van der Waals surface area contributed by atoms with Gasteiger partial charge in [0.15, 0.2) is 5.76 Å². The maximum Gasteiger partial charge on any atom is 0.314 e. The monoisotopic (exact) mass is 559 g/mol. The Bertz CT molecular complexity index is 1700. The van der Waals surface area contributed by atoms with Crippen LogP contribution in [0.5, 0.6) is 0 Å². The van der Waals surface area contributed by atoms with Gasteiger partial charge in [0, 0.05) is 43.0 Å². The number of hydrogen-bond acceptors (Lipinski definition) is 8. The van der Waals surface area contributed by atoms with Crippen molar-refractivity contribution < 1.29 is 18.8 Å². The molecule has 1 fully saturated rings. The molecule has 7 N–H and O–H groups in total. The van der Waals surface area contributed by atoms with Crippen LogP contribution >= 0.6 is 0 Å². The van der Waals surface area contributed by atoms with Crippen LogP contribution in [-0.2, 0) is 4.79 Å². The molecule has 0 unspecified atom stereocenters. The van der Waals surface area contributed by atoms with Crippen molar-refractivity contribution in [3.05, 3.63) is 86.6 Å². The summed E-state index contributed by atoms with van der Waals surface area (Å²) in [7, 11) is 0. The molecule has 13 nitrogen and oxygen atoms in total. The topological polar surface area (TPSA) is 195 Å². The number of nitrogens with one attached hydrogen (secondary N) is 5. The van der Waals surface area contributed by atoms with Crippen molar-refractivity contribution in [1.82, 2.24) is 25.5 Å². The summed E-state index contributed by atoms with van der Waals surface area (Å²) < 4.78 is 5.77. The summed E-state index contributed by atoms with van der Waals surface area (Å²) in [4.78, 5) is 68.2. The lowest BCUT2D eigenvalue weighted by molar-refractivity contribution is -0.133. The van der Waals surface area contributed by atoms with Crippen molar-refractivity contribution in [2.45, 2.75) is 12.5 Å². The lowest BCUT2D eigenvalue weighted by atomic mass is 10.1. The standard InChI is InChI=1S/C28H29N7O6/c29-10-9-20(28(40)35-13-11-30-12-14-35)33-25(37)23-8-7-22(41-23)16-1-4-18(5-2-16)31-24(36)17-3-6-19-21(15-17)34-27(39)26(38)32-19/h1-8,15,20,30H,9-14,29H2,(H,31,36)(H,32,38)(H,33,37)(H,34,39)/t20-/m1/s1. The summed E-state index contributed by atoms with van der Waals surface area (Å²) in [5.41, 5.74) is 6.32. The summed E-state index contributed by atoms with van der Waals surface area (Å²) in [6, 6.07) is 13.8. The average Bonchev–Trinajstić information content (AvgIpc) is 3.48. The number of aromatic nitrogens is 2. The number of aromatic amines is 2. The molecule has 0 bridgehead atoms. The van der Waals surface area contributed by atoms with E-state index in [2.05, 4.69) is 25.9 Å². The van der Waals surface area contributed by atoms with Crippen molar-refractivity contribution >= 4 is 34.4 Å². The lowest BCUT2D eigenvalue weighted by Crippen LogP contribution is -2.54. The second-order valence-electron chi connectivity index (χ2n) is 9.54. The van der Waals surface area contributed by atoms with Crippen LogP contribution in [0, 0.1) is 0 Å². The largest absolute Gasteiger partial charge is 0.451 e. The van der Waals surface area contributed by atoms with Crippen molar-refractivity contribution in [3.8, 4) is 11.3 Å². The molecule has 13 heteroatoms. The van der Waals surface area contributed by atoms with E-state index in [1.165, 1.54) is 24.3 Å². The second-order valence-corrected chi connectivity index (χ2v) is 9.54. The summed E-state index contributed by atoms with van der Waals surface area (Å²) >= 11 is 0. The number of hydrogen-bond donors (Lipinski definition) is 6. The predicted octanol–water partition coefficient (Wildman–Crippen LogP) is 0.608. The zero-order valence-corrected chi connectivity index (χ0v) is 22.0. The van der Waals surface area contributed by atoms with Gasteiger partial charge in [-0.2, -0.15) is 0 Å². The van der Waals surface area contributed by atoms with Crippen LogP contribution in [0.25, 0.3) is 22.4 Å². The molecular formula is C28H29N7O6. The number of nitrogens with zero attached hydrogens (tertiary/aromatic N) is 1. The molecule has 5 rings (SSSR count). The maximum atomic E-state index is 12.9. The number of carbonyl (C=O) groups excluding carboxylic acids is 3. The first kappa shape index (κ1) is 27.6. The van der Waals surface area contributed by atoms with E-state index in [0.717, 1.165) is 0 Å². The maximum absolute atomic E-state index is 12.9. The zero-order chi connectivity index (χ0) is 28.9. The Kier molecular flexibility index (Phi) is 8.08. The van der Waals surface area contributed by atoms with Gasteiger partial charge < -0.3 is 41.0 Å². The fourth-order valence-corrected chi connectivity index (χ4v) is 4.55. The molecule has 41 heavy (non-hydrogen) atoms. The SMILES string of the molecule is NCC[C@@H](NC(=O)c1ccc(-c2ccc(NC(=O)c3ccc4[nH]c(=O)c(=O)[nH]c4c3)cc2)o1)C(=O)N1CCNCC1. The highest BCUT2D eigenvalue weighted by atomic mass is 16.4. The minimum atomic E-state index is -0.803. The van der Waals surface area contributed by atoms with Crippen LogP contribution < -0.4 is 32.8 Å². The third-order valence-electron chi connectivity index (χ3n) is 6.73. The Morgan fingerprint density at radius 1 is 0.902 bits per heavy atom. The molecule has 2 aromatic carbocycles. The van der Waals surface area contributed by atoms with Gasteiger partial charge in [-0.3, -0.25) is 24.0 Å². The smallest absolute Gasteiger partial charge is 0.314 e. The number of anilines is 1. The summed E-state index contributed by atoms with van der Waals surface area (Å²) in [6.45, 7) is 2.79. The second kappa shape index (κ2) is 12.0. The Labute approximate surface area is 233 Å². The number of carbonyl (C=O) groups is 3. The Balaban J connectivity index is 1.23. The van der Waals surface area contributed by atoms with Crippen molar-refractivity contribution in [1.29, 1.82) is 0 Å². The van der Waals surface area contributed by atoms with Crippen LogP contribution in [0.15, 0.2) is 68.6 Å². The summed E-state index contributed by atoms with van der Waals surface area (Å²) in [6.07, 6.45) is 0.311. The highest BCUT2D eigenvalue weighted by Gasteiger charge is 2.27. The number of fused-ring (bicyclic) bond motifs is 1. The lowest BCUT2D eigenvalue weighted by Gasteiger charge is -2.31. The van der Waals surface area contributed by atoms with E-state index in [4.69, 9.17) is 10.2 Å². The molecule has 2 aromatic heterocycles. The van der Waals surface area contributed by atoms with Crippen LogP contribution in [0.2, 0.25) is 0 Å². The van der Waals surface area contributed by atoms with Gasteiger partial charge in [-0.25, -0.2) is 0 Å². The molecular weight excluding hydrogens is 530 g/mol. The van der Waals surface area contributed by atoms with E-state index in [1.807, 2.05) is 0 Å². The van der Waals surface area contributed by atoms with E-state index >= 15 is 0 Å². The van der Waals surface area contributed by atoms with E-state index < -0.39 is 29.0 Å². The molecule has 1 aliphatic rings. The van der Waals surface area contributed by atoms with Gasteiger partial charge >= 0.3 is 11.1 Å². The van der Waals surface area contributed by atoms with Crippen LogP contribution in [0.3, 0.4) is 0 Å². The van der Waals surface area contributed by atoms with Gasteiger partial charge in [0.2, 0.25) is 5.91 Å². The third-order valence-corrected chi connectivity index (χ3v) is 6.73. The fourth-order valence-electron chi connectivity index (χ4n) is 4.55. The molecule has 0 spiro atoms. The molecule has 0 aliphatic carbocycles. The summed E-state index contributed by atoms with van der Waals surface area (Å²) in [5, 5.41) is 8.72. The van der Waals surface area contributed by atoms with Crippen LogP contribution in [-0.4, -0.2) is 71.4 Å². The van der Waals surface area contributed by atoms with Crippen LogP contribution in [0.1, 0.15) is 27.3 Å². The normalized spacial score (nSPS) is 14.0. The molecule has 4 aromatic rings. The van der Waals surface area contributed by atoms with Gasteiger partial charge in [-0.15, -0.1) is 0 Å². The van der Waals surface area contributed by atoms with Crippen molar-refractivity contribution in [2.24, 2.45) is 5.73 Å². The third kappa shape index (κ3) is 6.26. The first-order valence-corrected chi connectivity index (χ1v) is 13.1. The fraction of sp³-hybridized carbons (Fsp3) is 0.250. The molecule has 1 saturated heterocycles. The Hall–Kier alpha value is -5.01. The first-order valence-electron chi connectivity index (χ1n) is 13.1. The Morgan fingerprint density at radius 3 is 2.32 bits per heavy atom. The number of amides is 3. The number of nitrogens with two attached hydrogens (primary N) is 1. The highest BCUT2D eigenvalue weighted by molar-refractivity contribution is 6.06. The molecule has 3 heterocycles. The average molecular weight is 560 g/mol. The van der Waals surface area contributed by atoms with Gasteiger partial charge in [0.25, 0.3) is 11.8 Å². The molecule has 1 atom stereocenters. The number of furan rings is 1. The quantitative estimate of drug-likeness (QED) is 0.169. The molecule has 212 valence electrons. The van der Waals surface area contributed by atoms with E-state index in [1.54, 1.807) is 35.2 Å².